The Balaban J connectivity index is 2.56. The van der Waals surface area contributed by atoms with Crippen LogP contribution in [-0.2, 0) is 11.2 Å². The van der Waals surface area contributed by atoms with Crippen molar-refractivity contribution in [2.24, 2.45) is 0 Å². The monoisotopic (exact) mass is 262 g/mol. The van der Waals surface area contributed by atoms with Crippen molar-refractivity contribution in [3.63, 3.8) is 0 Å². The molecule has 60 valence electrons. The number of halogens is 1. The lowest BCUT2D eigenvalue weighted by atomic mass is 10.2. The summed E-state index contributed by atoms with van der Waals surface area (Å²) in [5, 5.41) is 0. The maximum Gasteiger partial charge on any atom is 0.0502 e. The Morgan fingerprint density at radius 2 is 2.27 bits per heavy atom. The fourth-order valence-electron chi connectivity index (χ4n) is 0.912. The Labute approximate surface area is 80.9 Å². The van der Waals surface area contributed by atoms with Gasteiger partial charge < -0.3 is 4.74 Å². The third kappa shape index (κ3) is 3.20. The molecule has 1 nitrogen and oxygen atoms in total. The molecule has 0 spiro atoms. The van der Waals surface area contributed by atoms with E-state index in [2.05, 4.69) is 46.9 Å². The molecule has 0 aromatic heterocycles. The van der Waals surface area contributed by atoms with Crippen molar-refractivity contribution in [1.82, 2.24) is 0 Å². The predicted octanol–water partition coefficient (Wildman–Crippen LogP) is 2.48. The molecule has 0 aliphatic carbocycles. The number of methoxy groups -OCH3 is 1. The predicted molar refractivity (Wildman–Crippen MR) is 54.7 cm³/mol. The summed E-state index contributed by atoms with van der Waals surface area (Å²) in [5.41, 5.74) is 1.35. The number of ether oxygens (including phenoxy) is 1. The molecule has 0 saturated heterocycles. The van der Waals surface area contributed by atoms with Crippen LogP contribution in [0.15, 0.2) is 24.3 Å². The largest absolute Gasteiger partial charge is 0.384 e. The van der Waals surface area contributed by atoms with Gasteiger partial charge in [-0.3, -0.25) is 0 Å². The molecule has 0 N–H and O–H groups in total. The van der Waals surface area contributed by atoms with Gasteiger partial charge in [0.2, 0.25) is 0 Å². The highest BCUT2D eigenvalue weighted by molar-refractivity contribution is 14.1. The fraction of sp³-hybridized carbons (Fsp3) is 0.333. The van der Waals surface area contributed by atoms with Crippen LogP contribution in [0.25, 0.3) is 0 Å². The van der Waals surface area contributed by atoms with E-state index in [1.165, 1.54) is 9.13 Å². The summed E-state index contributed by atoms with van der Waals surface area (Å²) in [6, 6.07) is 8.48. The normalized spacial score (nSPS) is 10.0. The van der Waals surface area contributed by atoms with Crippen molar-refractivity contribution >= 4 is 22.6 Å². The van der Waals surface area contributed by atoms with Gasteiger partial charge in [0.25, 0.3) is 0 Å². The van der Waals surface area contributed by atoms with Gasteiger partial charge in [0.05, 0.1) is 6.61 Å². The molecule has 0 heterocycles. The zero-order chi connectivity index (χ0) is 8.10. The van der Waals surface area contributed by atoms with Crippen molar-refractivity contribution in [2.75, 3.05) is 13.7 Å². The standard InChI is InChI=1S/C9H11IO/c1-11-6-5-8-3-2-4-9(10)7-8/h2-4,7H,5-6H2,1H3. The Bertz CT molecular complexity index is 223. The summed E-state index contributed by atoms with van der Waals surface area (Å²) in [4.78, 5) is 0. The fourth-order valence-corrected chi connectivity index (χ4v) is 1.52. The van der Waals surface area contributed by atoms with Gasteiger partial charge in [0, 0.05) is 10.7 Å². The second kappa shape index (κ2) is 4.72. The molecule has 0 bridgehead atoms. The van der Waals surface area contributed by atoms with Crippen molar-refractivity contribution in [1.29, 1.82) is 0 Å². The molecule has 0 radical (unpaired) electrons. The number of hydrogen-bond donors (Lipinski definition) is 0. The van der Waals surface area contributed by atoms with Crippen molar-refractivity contribution in [3.8, 4) is 0 Å². The lowest BCUT2D eigenvalue weighted by Crippen LogP contribution is -1.93. The highest BCUT2D eigenvalue weighted by Gasteiger charge is 1.91. The van der Waals surface area contributed by atoms with Gasteiger partial charge in [-0.2, -0.15) is 0 Å². The van der Waals surface area contributed by atoms with Crippen molar-refractivity contribution in [3.05, 3.63) is 33.4 Å². The van der Waals surface area contributed by atoms with Crippen LogP contribution in [0, 0.1) is 3.57 Å². The van der Waals surface area contributed by atoms with Gasteiger partial charge in [-0.05, 0) is 46.7 Å². The maximum atomic E-state index is 4.98. The van der Waals surface area contributed by atoms with E-state index >= 15 is 0 Å². The summed E-state index contributed by atoms with van der Waals surface area (Å²) >= 11 is 2.32. The minimum absolute atomic E-state index is 0.806. The molecule has 0 atom stereocenters. The molecule has 1 aromatic rings. The quantitative estimate of drug-likeness (QED) is 0.760. The third-order valence-corrected chi connectivity index (χ3v) is 2.15. The van der Waals surface area contributed by atoms with E-state index in [0.29, 0.717) is 0 Å². The lowest BCUT2D eigenvalue weighted by Gasteiger charge is -1.99. The van der Waals surface area contributed by atoms with Crippen LogP contribution in [0.5, 0.6) is 0 Å². The molecule has 1 aromatic carbocycles. The Kier molecular flexibility index (Phi) is 3.86. The van der Waals surface area contributed by atoms with Crippen LogP contribution in [0.3, 0.4) is 0 Å². The van der Waals surface area contributed by atoms with Crippen LogP contribution in [0.1, 0.15) is 5.56 Å². The zero-order valence-electron chi connectivity index (χ0n) is 6.51. The SMILES string of the molecule is COCCc1cccc(I)c1. The molecule has 1 rings (SSSR count). The van der Waals surface area contributed by atoms with E-state index in [1.807, 2.05) is 0 Å². The Morgan fingerprint density at radius 3 is 2.91 bits per heavy atom. The molecule has 2 heteroatoms. The molecule has 0 aliphatic rings. The van der Waals surface area contributed by atoms with Gasteiger partial charge >= 0.3 is 0 Å². The molecule has 0 amide bonds. The summed E-state index contributed by atoms with van der Waals surface area (Å²) in [6.45, 7) is 0.806. The number of rotatable bonds is 3. The van der Waals surface area contributed by atoms with E-state index in [1.54, 1.807) is 7.11 Å². The zero-order valence-corrected chi connectivity index (χ0v) is 8.67. The second-order valence-electron chi connectivity index (χ2n) is 2.37. The van der Waals surface area contributed by atoms with E-state index < -0.39 is 0 Å². The summed E-state index contributed by atoms with van der Waals surface area (Å²) < 4.78 is 6.27. The van der Waals surface area contributed by atoms with E-state index in [0.717, 1.165) is 13.0 Å². The minimum atomic E-state index is 0.806. The van der Waals surface area contributed by atoms with E-state index in [4.69, 9.17) is 4.74 Å². The molecule has 11 heavy (non-hydrogen) atoms. The first-order valence-corrected chi connectivity index (χ1v) is 4.64. The maximum absolute atomic E-state index is 4.98. The van der Waals surface area contributed by atoms with E-state index in [-0.39, 0.29) is 0 Å². The van der Waals surface area contributed by atoms with Crippen LogP contribution in [0.2, 0.25) is 0 Å². The van der Waals surface area contributed by atoms with E-state index in [9.17, 15) is 0 Å². The molecular formula is C9H11IO. The van der Waals surface area contributed by atoms with Gasteiger partial charge in [-0.1, -0.05) is 12.1 Å². The topological polar surface area (TPSA) is 9.23 Å². The summed E-state index contributed by atoms with van der Waals surface area (Å²) in [5.74, 6) is 0. The van der Waals surface area contributed by atoms with Crippen LogP contribution < -0.4 is 0 Å². The molecular weight excluding hydrogens is 251 g/mol. The first-order chi connectivity index (χ1) is 5.33. The van der Waals surface area contributed by atoms with Gasteiger partial charge in [-0.15, -0.1) is 0 Å². The summed E-state index contributed by atoms with van der Waals surface area (Å²) in [6.07, 6.45) is 1.01. The van der Waals surface area contributed by atoms with Crippen molar-refractivity contribution < 1.29 is 4.74 Å². The van der Waals surface area contributed by atoms with Gasteiger partial charge in [0.15, 0.2) is 0 Å². The Hall–Kier alpha value is -0.0900. The minimum Gasteiger partial charge on any atom is -0.384 e. The van der Waals surface area contributed by atoms with Gasteiger partial charge in [-0.25, -0.2) is 0 Å². The van der Waals surface area contributed by atoms with Crippen LogP contribution >= 0.6 is 22.6 Å². The lowest BCUT2D eigenvalue weighted by molar-refractivity contribution is 0.202. The van der Waals surface area contributed by atoms with Crippen LogP contribution in [0.4, 0.5) is 0 Å². The highest BCUT2D eigenvalue weighted by Crippen LogP contribution is 2.07. The molecule has 0 fully saturated rings. The van der Waals surface area contributed by atoms with Gasteiger partial charge in [0.1, 0.15) is 0 Å². The van der Waals surface area contributed by atoms with Crippen LogP contribution in [-0.4, -0.2) is 13.7 Å². The second-order valence-corrected chi connectivity index (χ2v) is 3.62. The first-order valence-electron chi connectivity index (χ1n) is 3.56. The molecule has 0 unspecified atom stereocenters. The highest BCUT2D eigenvalue weighted by atomic mass is 127. The summed E-state index contributed by atoms with van der Waals surface area (Å²) in [7, 11) is 1.73. The van der Waals surface area contributed by atoms with Crippen molar-refractivity contribution in [2.45, 2.75) is 6.42 Å². The number of hydrogen-bond acceptors (Lipinski definition) is 1. The average Bonchev–Trinajstić information content (AvgIpc) is 2.01. The first kappa shape index (κ1) is 9.00. The average molecular weight is 262 g/mol. The number of benzene rings is 1. The Morgan fingerprint density at radius 1 is 1.45 bits per heavy atom. The molecule has 0 saturated carbocycles. The molecule has 0 aliphatic heterocycles. The third-order valence-electron chi connectivity index (χ3n) is 1.48. The smallest absolute Gasteiger partial charge is 0.0502 e.